The van der Waals surface area contributed by atoms with Crippen LogP contribution in [0, 0.1) is 0 Å². The molecule has 144 valence electrons. The second kappa shape index (κ2) is 8.37. The van der Waals surface area contributed by atoms with Gasteiger partial charge in [-0.3, -0.25) is 14.9 Å². The van der Waals surface area contributed by atoms with Crippen molar-refractivity contribution in [2.45, 2.75) is 25.3 Å². The summed E-state index contributed by atoms with van der Waals surface area (Å²) in [5.74, 6) is -0.529. The average Bonchev–Trinajstić information content (AvgIpc) is 3.37. The number of hydrogen-bond donors (Lipinski definition) is 3. The lowest BCUT2D eigenvalue weighted by Gasteiger charge is -2.25. The van der Waals surface area contributed by atoms with Crippen LogP contribution in [-0.2, 0) is 11.2 Å². The van der Waals surface area contributed by atoms with Crippen LogP contribution in [0.15, 0.2) is 54.9 Å². The highest BCUT2D eigenvalue weighted by Gasteiger charge is 2.25. The van der Waals surface area contributed by atoms with Crippen molar-refractivity contribution >= 4 is 23.0 Å². The summed E-state index contributed by atoms with van der Waals surface area (Å²) in [5.41, 5.74) is 6.10. The summed E-state index contributed by atoms with van der Waals surface area (Å²) in [4.78, 5) is 21.3. The second-order valence-electron chi connectivity index (χ2n) is 7.13. The van der Waals surface area contributed by atoms with Crippen molar-refractivity contribution in [3.8, 4) is 0 Å². The van der Waals surface area contributed by atoms with Gasteiger partial charge in [0.1, 0.15) is 5.65 Å². The van der Waals surface area contributed by atoms with E-state index < -0.39 is 5.91 Å². The van der Waals surface area contributed by atoms with Gasteiger partial charge in [-0.25, -0.2) is 10.5 Å². The number of likely N-dealkylation sites (tertiary alicyclic amines) is 1. The Balaban J connectivity index is 1.42. The van der Waals surface area contributed by atoms with Gasteiger partial charge < -0.3 is 4.98 Å². The number of aromatic nitrogens is 2. The van der Waals surface area contributed by atoms with Crippen LogP contribution >= 0.6 is 0 Å². The van der Waals surface area contributed by atoms with Gasteiger partial charge in [-0.2, -0.15) is 0 Å². The molecule has 3 N–H and O–H groups in total. The van der Waals surface area contributed by atoms with Crippen LogP contribution in [0.3, 0.4) is 0 Å². The van der Waals surface area contributed by atoms with Gasteiger partial charge in [0.05, 0.1) is 0 Å². The van der Waals surface area contributed by atoms with E-state index in [1.54, 1.807) is 11.6 Å². The van der Waals surface area contributed by atoms with Gasteiger partial charge in [-0.1, -0.05) is 24.3 Å². The standard InChI is InChI=1S/C22H24N4O2/c27-21(25-28)10-7-16-5-8-17(9-6-16)20-4-2-13-26(20)14-11-18-15-24-22-19(18)3-1-12-23-22/h1,3,5-10,12,15,20,28H,2,4,11,13-14H2,(H,23,24)(H,25,27)/b10-7+/t20-/m0/s1. The summed E-state index contributed by atoms with van der Waals surface area (Å²) < 4.78 is 0. The SMILES string of the molecule is O=C(/C=C/c1ccc([C@@H]2CCCN2CCc2c[nH]c3ncccc23)cc1)NO. The molecular weight excluding hydrogens is 352 g/mol. The highest BCUT2D eigenvalue weighted by molar-refractivity contribution is 5.90. The van der Waals surface area contributed by atoms with E-state index in [9.17, 15) is 4.79 Å². The third-order valence-electron chi connectivity index (χ3n) is 5.43. The van der Waals surface area contributed by atoms with Gasteiger partial charge in [0.2, 0.25) is 0 Å². The average molecular weight is 376 g/mol. The molecule has 28 heavy (non-hydrogen) atoms. The summed E-state index contributed by atoms with van der Waals surface area (Å²) in [6, 6.07) is 12.8. The molecule has 4 rings (SSSR count). The maximum Gasteiger partial charge on any atom is 0.267 e. The second-order valence-corrected chi connectivity index (χ2v) is 7.13. The monoisotopic (exact) mass is 376 g/mol. The predicted octanol–water partition coefficient (Wildman–Crippen LogP) is 3.46. The largest absolute Gasteiger partial charge is 0.346 e. The first-order valence-corrected chi connectivity index (χ1v) is 9.62. The lowest BCUT2D eigenvalue weighted by Crippen LogP contribution is -2.25. The fourth-order valence-electron chi connectivity index (χ4n) is 3.99. The molecular formula is C22H24N4O2. The minimum absolute atomic E-state index is 0.433. The Morgan fingerprint density at radius 3 is 3.00 bits per heavy atom. The number of pyridine rings is 1. The maximum atomic E-state index is 11.1. The molecule has 3 heterocycles. The smallest absolute Gasteiger partial charge is 0.267 e. The summed E-state index contributed by atoms with van der Waals surface area (Å²) in [7, 11) is 0. The lowest BCUT2D eigenvalue weighted by molar-refractivity contribution is -0.124. The van der Waals surface area contributed by atoms with Gasteiger partial charge in [0.25, 0.3) is 5.91 Å². The highest BCUT2D eigenvalue weighted by atomic mass is 16.5. The van der Waals surface area contributed by atoms with Crippen LogP contribution in [0.25, 0.3) is 17.1 Å². The van der Waals surface area contributed by atoms with Crippen LogP contribution < -0.4 is 5.48 Å². The van der Waals surface area contributed by atoms with Crippen molar-refractivity contribution in [2.24, 2.45) is 0 Å². The van der Waals surface area contributed by atoms with Crippen molar-refractivity contribution in [1.29, 1.82) is 0 Å². The first kappa shape index (κ1) is 18.4. The molecule has 0 bridgehead atoms. The molecule has 1 aliphatic rings. The molecule has 6 heteroatoms. The van der Waals surface area contributed by atoms with E-state index in [4.69, 9.17) is 5.21 Å². The minimum atomic E-state index is -0.529. The van der Waals surface area contributed by atoms with Crippen molar-refractivity contribution < 1.29 is 10.0 Å². The van der Waals surface area contributed by atoms with Crippen LogP contribution in [0.2, 0.25) is 0 Å². The zero-order valence-corrected chi connectivity index (χ0v) is 15.6. The van der Waals surface area contributed by atoms with Gasteiger partial charge in [0, 0.05) is 36.4 Å². The Hall–Kier alpha value is -2.96. The first-order chi connectivity index (χ1) is 13.7. The Kier molecular flexibility index (Phi) is 5.50. The molecule has 0 saturated carbocycles. The predicted molar refractivity (Wildman–Crippen MR) is 109 cm³/mol. The highest BCUT2D eigenvalue weighted by Crippen LogP contribution is 2.32. The molecule has 6 nitrogen and oxygen atoms in total. The summed E-state index contributed by atoms with van der Waals surface area (Å²) >= 11 is 0. The van der Waals surface area contributed by atoms with Crippen molar-refractivity contribution in [1.82, 2.24) is 20.3 Å². The third kappa shape index (κ3) is 3.98. The maximum absolute atomic E-state index is 11.1. The fraction of sp³-hybridized carbons (Fsp3) is 0.273. The van der Waals surface area contributed by atoms with Crippen molar-refractivity contribution in [2.75, 3.05) is 13.1 Å². The number of benzene rings is 1. The molecule has 1 aromatic carbocycles. The minimum Gasteiger partial charge on any atom is -0.346 e. The molecule has 1 aliphatic heterocycles. The Bertz CT molecular complexity index is 978. The van der Waals surface area contributed by atoms with E-state index in [1.165, 1.54) is 29.0 Å². The third-order valence-corrected chi connectivity index (χ3v) is 5.43. The fourth-order valence-corrected chi connectivity index (χ4v) is 3.99. The molecule has 3 aromatic rings. The van der Waals surface area contributed by atoms with Gasteiger partial charge in [-0.15, -0.1) is 0 Å². The van der Waals surface area contributed by atoms with E-state index >= 15 is 0 Å². The first-order valence-electron chi connectivity index (χ1n) is 9.62. The number of nitrogens with zero attached hydrogens (tertiary/aromatic N) is 2. The van der Waals surface area contributed by atoms with E-state index in [-0.39, 0.29) is 0 Å². The van der Waals surface area contributed by atoms with Gasteiger partial charge >= 0.3 is 0 Å². The summed E-state index contributed by atoms with van der Waals surface area (Å²) in [6.45, 7) is 2.13. The normalized spacial score (nSPS) is 17.5. The van der Waals surface area contributed by atoms with E-state index in [1.807, 2.05) is 24.4 Å². The number of hydroxylamine groups is 1. The lowest BCUT2D eigenvalue weighted by atomic mass is 10.0. The topological polar surface area (TPSA) is 81.2 Å². The van der Waals surface area contributed by atoms with E-state index in [0.717, 1.165) is 37.1 Å². The van der Waals surface area contributed by atoms with Crippen LogP contribution in [0.1, 0.15) is 35.6 Å². The van der Waals surface area contributed by atoms with Crippen molar-refractivity contribution in [3.63, 3.8) is 0 Å². The number of carbonyl (C=O) groups is 1. The number of hydrogen-bond acceptors (Lipinski definition) is 4. The zero-order chi connectivity index (χ0) is 19.3. The Morgan fingerprint density at radius 1 is 1.32 bits per heavy atom. The number of amides is 1. The quantitative estimate of drug-likeness (QED) is 0.350. The zero-order valence-electron chi connectivity index (χ0n) is 15.6. The molecule has 1 saturated heterocycles. The number of rotatable bonds is 6. The van der Waals surface area contributed by atoms with Crippen LogP contribution in [-0.4, -0.2) is 39.1 Å². The number of carbonyl (C=O) groups excluding carboxylic acids is 1. The van der Waals surface area contributed by atoms with Gasteiger partial charge in [0.15, 0.2) is 0 Å². The molecule has 1 amide bonds. The molecule has 0 spiro atoms. The molecule has 0 radical (unpaired) electrons. The molecule has 0 aliphatic carbocycles. The number of fused-ring (bicyclic) bond motifs is 1. The van der Waals surface area contributed by atoms with E-state index in [0.29, 0.717) is 6.04 Å². The van der Waals surface area contributed by atoms with Crippen LogP contribution in [0.4, 0.5) is 0 Å². The molecule has 2 aromatic heterocycles. The molecule has 1 atom stereocenters. The van der Waals surface area contributed by atoms with E-state index in [2.05, 4.69) is 39.3 Å². The number of nitrogens with one attached hydrogen (secondary N) is 2. The van der Waals surface area contributed by atoms with Gasteiger partial charge in [-0.05, 0) is 60.7 Å². The Morgan fingerprint density at radius 2 is 2.18 bits per heavy atom. The molecule has 1 fully saturated rings. The summed E-state index contributed by atoms with van der Waals surface area (Å²) in [6.07, 6.45) is 10.3. The van der Waals surface area contributed by atoms with Crippen molar-refractivity contribution in [3.05, 3.63) is 71.6 Å². The Labute approximate surface area is 163 Å². The molecule has 0 unspecified atom stereocenters. The number of H-pyrrole nitrogens is 1. The summed E-state index contributed by atoms with van der Waals surface area (Å²) in [5, 5.41) is 9.75. The number of aromatic amines is 1. The van der Waals surface area contributed by atoms with Crippen LogP contribution in [0.5, 0.6) is 0 Å².